The minimum atomic E-state index is 0.0914. The molecule has 2 aromatic rings. The molecule has 118 valence electrons. The van der Waals surface area contributed by atoms with Crippen molar-refractivity contribution in [3.05, 3.63) is 59.2 Å². The highest BCUT2D eigenvalue weighted by Gasteiger charge is 2.04. The summed E-state index contributed by atoms with van der Waals surface area (Å²) in [5.41, 5.74) is 3.28. The van der Waals surface area contributed by atoms with Gasteiger partial charge < -0.3 is 19.9 Å². The summed E-state index contributed by atoms with van der Waals surface area (Å²) in [6, 6.07) is 13.8. The molecular weight excluding hydrogens is 278 g/mol. The number of benzene rings is 2. The molecule has 0 fully saturated rings. The lowest BCUT2D eigenvalue weighted by Gasteiger charge is -2.11. The van der Waals surface area contributed by atoms with Gasteiger partial charge in [0.25, 0.3) is 0 Å². The summed E-state index contributed by atoms with van der Waals surface area (Å²) in [6.07, 6.45) is 0.942. The van der Waals surface area contributed by atoms with E-state index in [1.54, 1.807) is 14.2 Å². The predicted molar refractivity (Wildman–Crippen MR) is 87.3 cm³/mol. The largest absolute Gasteiger partial charge is 0.497 e. The van der Waals surface area contributed by atoms with Gasteiger partial charge in [0.05, 0.1) is 20.8 Å². The van der Waals surface area contributed by atoms with Gasteiger partial charge in [-0.1, -0.05) is 24.3 Å². The molecule has 0 aliphatic carbocycles. The van der Waals surface area contributed by atoms with Crippen LogP contribution in [0.2, 0.25) is 0 Å². The molecule has 0 aliphatic rings. The Kier molecular flexibility index (Phi) is 6.25. The van der Waals surface area contributed by atoms with Crippen LogP contribution in [0.15, 0.2) is 42.5 Å². The first-order valence-corrected chi connectivity index (χ1v) is 7.37. The van der Waals surface area contributed by atoms with E-state index in [-0.39, 0.29) is 6.61 Å². The number of methoxy groups -OCH3 is 2. The van der Waals surface area contributed by atoms with Crippen molar-refractivity contribution in [2.45, 2.75) is 19.6 Å². The van der Waals surface area contributed by atoms with Crippen LogP contribution in [-0.2, 0) is 19.6 Å². The molecule has 0 saturated heterocycles. The van der Waals surface area contributed by atoms with Crippen molar-refractivity contribution in [1.82, 2.24) is 5.32 Å². The Morgan fingerprint density at radius 1 is 0.955 bits per heavy atom. The molecule has 0 heterocycles. The number of nitrogens with one attached hydrogen (secondary N) is 1. The maximum atomic E-state index is 9.03. The summed E-state index contributed by atoms with van der Waals surface area (Å²) in [7, 11) is 3.34. The summed E-state index contributed by atoms with van der Waals surface area (Å²) in [5, 5.41) is 12.4. The summed E-state index contributed by atoms with van der Waals surface area (Å²) in [5.74, 6) is 1.69. The van der Waals surface area contributed by atoms with Crippen molar-refractivity contribution in [2.24, 2.45) is 0 Å². The van der Waals surface area contributed by atoms with Gasteiger partial charge in [-0.25, -0.2) is 0 Å². The van der Waals surface area contributed by atoms with E-state index in [9.17, 15) is 0 Å². The lowest BCUT2D eigenvalue weighted by Crippen LogP contribution is -2.17. The Labute approximate surface area is 131 Å². The fraction of sp³-hybridized carbons (Fsp3) is 0.333. The Hall–Kier alpha value is -2.04. The molecule has 4 heteroatoms. The summed E-state index contributed by atoms with van der Waals surface area (Å²) < 4.78 is 10.6. The Morgan fingerprint density at radius 3 is 2.32 bits per heavy atom. The van der Waals surface area contributed by atoms with Gasteiger partial charge in [-0.15, -0.1) is 0 Å². The van der Waals surface area contributed by atoms with Crippen molar-refractivity contribution in [3.63, 3.8) is 0 Å². The van der Waals surface area contributed by atoms with Crippen LogP contribution in [0, 0.1) is 0 Å². The zero-order valence-corrected chi connectivity index (χ0v) is 13.1. The van der Waals surface area contributed by atoms with Crippen molar-refractivity contribution >= 4 is 0 Å². The van der Waals surface area contributed by atoms with Gasteiger partial charge in [-0.05, 0) is 42.3 Å². The quantitative estimate of drug-likeness (QED) is 0.736. The predicted octanol–water partition coefficient (Wildman–Crippen LogP) is 2.53. The molecule has 0 amide bonds. The second kappa shape index (κ2) is 8.41. The Morgan fingerprint density at radius 2 is 1.68 bits per heavy atom. The summed E-state index contributed by atoms with van der Waals surface area (Å²) >= 11 is 0. The molecule has 0 radical (unpaired) electrons. The van der Waals surface area contributed by atoms with Gasteiger partial charge in [-0.3, -0.25) is 0 Å². The number of rotatable bonds is 8. The van der Waals surface area contributed by atoms with E-state index in [0.717, 1.165) is 42.1 Å². The summed E-state index contributed by atoms with van der Waals surface area (Å²) in [4.78, 5) is 0. The first-order valence-electron chi connectivity index (χ1n) is 7.37. The van der Waals surface area contributed by atoms with Gasteiger partial charge in [-0.2, -0.15) is 0 Å². The molecule has 0 aliphatic heterocycles. The van der Waals surface area contributed by atoms with Crippen LogP contribution in [0.4, 0.5) is 0 Å². The van der Waals surface area contributed by atoms with E-state index in [0.29, 0.717) is 0 Å². The molecule has 2 aromatic carbocycles. The molecule has 2 rings (SSSR count). The van der Waals surface area contributed by atoms with Gasteiger partial charge in [0, 0.05) is 12.1 Å². The van der Waals surface area contributed by atoms with Crippen LogP contribution < -0.4 is 14.8 Å². The fourth-order valence-electron chi connectivity index (χ4n) is 2.29. The SMILES string of the molecule is COc1ccc(OC)c(CNCCc2ccc(CO)cc2)c1. The number of ether oxygens (including phenoxy) is 2. The highest BCUT2D eigenvalue weighted by molar-refractivity contribution is 5.40. The van der Waals surface area contributed by atoms with Crippen LogP contribution in [-0.4, -0.2) is 25.9 Å². The van der Waals surface area contributed by atoms with E-state index >= 15 is 0 Å². The second-order valence-electron chi connectivity index (χ2n) is 5.08. The van der Waals surface area contributed by atoms with Gasteiger partial charge in [0.1, 0.15) is 11.5 Å². The van der Waals surface area contributed by atoms with Crippen LogP contribution in [0.1, 0.15) is 16.7 Å². The first kappa shape index (κ1) is 16.3. The van der Waals surface area contributed by atoms with E-state index in [4.69, 9.17) is 14.6 Å². The first-order chi connectivity index (χ1) is 10.8. The minimum absolute atomic E-state index is 0.0914. The van der Waals surface area contributed by atoms with Crippen molar-refractivity contribution < 1.29 is 14.6 Å². The highest BCUT2D eigenvalue weighted by atomic mass is 16.5. The zero-order chi connectivity index (χ0) is 15.8. The molecule has 0 bridgehead atoms. The maximum absolute atomic E-state index is 9.03. The Balaban J connectivity index is 1.85. The average Bonchev–Trinajstić information content (AvgIpc) is 2.59. The lowest BCUT2D eigenvalue weighted by molar-refractivity contribution is 0.282. The number of hydrogen-bond donors (Lipinski definition) is 2. The third-order valence-corrected chi connectivity index (χ3v) is 3.60. The van der Waals surface area contributed by atoms with Crippen molar-refractivity contribution in [3.8, 4) is 11.5 Å². The normalized spacial score (nSPS) is 10.5. The van der Waals surface area contributed by atoms with E-state index in [1.807, 2.05) is 30.3 Å². The monoisotopic (exact) mass is 301 g/mol. The van der Waals surface area contributed by atoms with Crippen LogP contribution in [0.25, 0.3) is 0 Å². The number of aliphatic hydroxyl groups is 1. The Bertz CT molecular complexity index is 581. The molecule has 4 nitrogen and oxygen atoms in total. The third-order valence-electron chi connectivity index (χ3n) is 3.60. The standard InChI is InChI=1S/C18H23NO3/c1-21-17-7-8-18(22-2)16(11-17)12-19-10-9-14-3-5-15(13-20)6-4-14/h3-8,11,19-20H,9-10,12-13H2,1-2H3. The van der Waals surface area contributed by atoms with Crippen LogP contribution in [0.5, 0.6) is 11.5 Å². The van der Waals surface area contributed by atoms with E-state index < -0.39 is 0 Å². The average molecular weight is 301 g/mol. The molecule has 22 heavy (non-hydrogen) atoms. The molecule has 0 atom stereocenters. The number of hydrogen-bond acceptors (Lipinski definition) is 4. The van der Waals surface area contributed by atoms with Crippen LogP contribution in [0.3, 0.4) is 0 Å². The van der Waals surface area contributed by atoms with Gasteiger partial charge in [0.2, 0.25) is 0 Å². The van der Waals surface area contributed by atoms with Crippen molar-refractivity contribution in [2.75, 3.05) is 20.8 Å². The van der Waals surface area contributed by atoms with E-state index in [2.05, 4.69) is 17.4 Å². The lowest BCUT2D eigenvalue weighted by atomic mass is 10.1. The molecule has 0 spiro atoms. The highest BCUT2D eigenvalue weighted by Crippen LogP contribution is 2.23. The smallest absolute Gasteiger partial charge is 0.123 e. The van der Waals surface area contributed by atoms with Crippen molar-refractivity contribution in [1.29, 1.82) is 0 Å². The third kappa shape index (κ3) is 4.48. The van der Waals surface area contributed by atoms with Gasteiger partial charge in [0.15, 0.2) is 0 Å². The topological polar surface area (TPSA) is 50.7 Å². The second-order valence-corrected chi connectivity index (χ2v) is 5.08. The van der Waals surface area contributed by atoms with Crippen LogP contribution >= 0.6 is 0 Å². The molecule has 2 N–H and O–H groups in total. The van der Waals surface area contributed by atoms with Gasteiger partial charge >= 0.3 is 0 Å². The molecule has 0 saturated carbocycles. The molecular formula is C18H23NO3. The zero-order valence-electron chi connectivity index (χ0n) is 13.1. The summed E-state index contributed by atoms with van der Waals surface area (Å²) in [6.45, 7) is 1.70. The van der Waals surface area contributed by atoms with E-state index in [1.165, 1.54) is 5.56 Å². The molecule has 0 unspecified atom stereocenters. The maximum Gasteiger partial charge on any atom is 0.123 e. The minimum Gasteiger partial charge on any atom is -0.497 e. The molecule has 0 aromatic heterocycles. The fourth-order valence-corrected chi connectivity index (χ4v) is 2.29. The number of aliphatic hydroxyl groups excluding tert-OH is 1.